The molecule has 1 atom stereocenters. The van der Waals surface area contributed by atoms with Crippen LogP contribution in [0, 0.1) is 0 Å². The monoisotopic (exact) mass is 482 g/mol. The topological polar surface area (TPSA) is 85.9 Å². The lowest BCUT2D eigenvalue weighted by Gasteiger charge is -2.15. The number of carbonyl (C=O) groups is 2. The van der Waals surface area contributed by atoms with E-state index in [1.165, 1.54) is 0 Å². The van der Waals surface area contributed by atoms with Crippen LogP contribution in [0.5, 0.6) is 11.5 Å². The number of nitrogens with one attached hydrogen (secondary N) is 2. The van der Waals surface area contributed by atoms with E-state index in [9.17, 15) is 9.59 Å². The van der Waals surface area contributed by atoms with E-state index in [1.807, 2.05) is 6.92 Å². The number of benzene rings is 3. The van der Waals surface area contributed by atoms with Gasteiger partial charge < -0.3 is 24.8 Å². The molecule has 0 radical (unpaired) electrons. The highest BCUT2D eigenvalue weighted by Crippen LogP contribution is 2.24. The second-order valence-corrected chi connectivity index (χ2v) is 7.69. The lowest BCUT2D eigenvalue weighted by atomic mass is 10.2. The molecule has 7 nitrogen and oxygen atoms in total. The third kappa shape index (κ3) is 7.50. The minimum Gasteiger partial charge on any atom is -0.491 e. The number of ether oxygens (including phenoxy) is 3. The third-order valence-corrected chi connectivity index (χ3v) is 5.05. The molecule has 34 heavy (non-hydrogen) atoms. The summed E-state index contributed by atoms with van der Waals surface area (Å²) in [7, 11) is 0. The fourth-order valence-corrected chi connectivity index (χ4v) is 3.11. The van der Waals surface area contributed by atoms with E-state index in [2.05, 4.69) is 10.6 Å². The van der Waals surface area contributed by atoms with Gasteiger partial charge in [-0.2, -0.15) is 0 Å². The van der Waals surface area contributed by atoms with E-state index in [0.717, 1.165) is 0 Å². The van der Waals surface area contributed by atoms with Crippen molar-refractivity contribution >= 4 is 34.8 Å². The first-order chi connectivity index (χ1) is 16.5. The molecule has 3 rings (SSSR count). The molecule has 2 amide bonds. The van der Waals surface area contributed by atoms with Crippen LogP contribution in [0.15, 0.2) is 72.8 Å². The number of hydrogen-bond acceptors (Lipinski definition) is 5. The summed E-state index contributed by atoms with van der Waals surface area (Å²) in [4.78, 5) is 24.9. The standard InChI is InChI=1S/C26H27ClN2O5/c1-3-32-16-17-33-22-14-8-19(9-15-22)26(31)29-21-12-10-20(11-13-21)28-25(30)18(2)34-24-7-5-4-6-23(24)27/h4-15,18H,3,16-17H2,1-2H3,(H,28,30)(H,29,31). The fourth-order valence-electron chi connectivity index (χ4n) is 2.93. The molecule has 178 valence electrons. The maximum absolute atomic E-state index is 12.5. The number of anilines is 2. The first-order valence-electron chi connectivity index (χ1n) is 10.9. The highest BCUT2D eigenvalue weighted by molar-refractivity contribution is 6.32. The Bertz CT molecular complexity index is 1090. The number of rotatable bonds is 11. The SMILES string of the molecule is CCOCCOc1ccc(C(=O)Nc2ccc(NC(=O)C(C)Oc3ccccc3Cl)cc2)cc1. The molecular weight excluding hydrogens is 456 g/mol. The maximum Gasteiger partial charge on any atom is 0.265 e. The van der Waals surface area contributed by atoms with Gasteiger partial charge in [0.25, 0.3) is 11.8 Å². The molecule has 0 aromatic heterocycles. The number of amides is 2. The first-order valence-corrected chi connectivity index (χ1v) is 11.3. The van der Waals surface area contributed by atoms with E-state index in [-0.39, 0.29) is 11.8 Å². The zero-order valence-corrected chi connectivity index (χ0v) is 19.8. The van der Waals surface area contributed by atoms with E-state index in [0.29, 0.717) is 53.3 Å². The van der Waals surface area contributed by atoms with Gasteiger partial charge in [0.05, 0.1) is 11.6 Å². The van der Waals surface area contributed by atoms with Crippen molar-refractivity contribution in [2.75, 3.05) is 30.5 Å². The summed E-state index contributed by atoms with van der Waals surface area (Å²) in [6.07, 6.45) is -0.745. The van der Waals surface area contributed by atoms with Gasteiger partial charge in [0.15, 0.2) is 6.10 Å². The van der Waals surface area contributed by atoms with Crippen LogP contribution >= 0.6 is 11.6 Å². The summed E-state index contributed by atoms with van der Waals surface area (Å²) in [6.45, 7) is 5.18. The van der Waals surface area contributed by atoms with Crippen molar-refractivity contribution in [3.8, 4) is 11.5 Å². The number of para-hydroxylation sites is 1. The van der Waals surface area contributed by atoms with Crippen LogP contribution in [0.2, 0.25) is 5.02 Å². The van der Waals surface area contributed by atoms with Gasteiger partial charge in [-0.3, -0.25) is 9.59 Å². The maximum atomic E-state index is 12.5. The van der Waals surface area contributed by atoms with Crippen molar-refractivity contribution in [1.29, 1.82) is 0 Å². The Morgan fingerprint density at radius 1 is 0.882 bits per heavy atom. The average molecular weight is 483 g/mol. The van der Waals surface area contributed by atoms with E-state index >= 15 is 0 Å². The lowest BCUT2D eigenvalue weighted by Crippen LogP contribution is -2.30. The van der Waals surface area contributed by atoms with E-state index < -0.39 is 6.10 Å². The van der Waals surface area contributed by atoms with Crippen LogP contribution in [0.4, 0.5) is 11.4 Å². The predicted molar refractivity (Wildman–Crippen MR) is 133 cm³/mol. The first kappa shape index (κ1) is 25.1. The van der Waals surface area contributed by atoms with Crippen molar-refractivity contribution in [3.05, 3.63) is 83.4 Å². The summed E-state index contributed by atoms with van der Waals surface area (Å²) in [5.41, 5.74) is 1.67. The molecule has 0 heterocycles. The molecule has 0 aliphatic heterocycles. The van der Waals surface area contributed by atoms with Gasteiger partial charge in [-0.1, -0.05) is 23.7 Å². The van der Waals surface area contributed by atoms with Gasteiger partial charge in [-0.25, -0.2) is 0 Å². The molecule has 0 fully saturated rings. The molecule has 1 unspecified atom stereocenters. The second-order valence-electron chi connectivity index (χ2n) is 7.28. The quantitative estimate of drug-likeness (QED) is 0.357. The van der Waals surface area contributed by atoms with Gasteiger partial charge in [0, 0.05) is 23.5 Å². The van der Waals surface area contributed by atoms with Crippen LogP contribution in [-0.2, 0) is 9.53 Å². The molecule has 0 bridgehead atoms. The van der Waals surface area contributed by atoms with E-state index in [1.54, 1.807) is 79.7 Å². The molecule has 8 heteroatoms. The molecule has 0 saturated heterocycles. The van der Waals surface area contributed by atoms with E-state index in [4.69, 9.17) is 25.8 Å². The molecule has 3 aromatic carbocycles. The van der Waals surface area contributed by atoms with Gasteiger partial charge >= 0.3 is 0 Å². The summed E-state index contributed by atoms with van der Waals surface area (Å²) in [6, 6.07) is 20.7. The summed E-state index contributed by atoms with van der Waals surface area (Å²) >= 11 is 6.07. The zero-order chi connectivity index (χ0) is 24.3. The normalized spacial score (nSPS) is 11.4. The number of hydrogen-bond donors (Lipinski definition) is 2. The molecule has 2 N–H and O–H groups in total. The third-order valence-electron chi connectivity index (χ3n) is 4.74. The molecular formula is C26H27ClN2O5. The van der Waals surface area contributed by atoms with Gasteiger partial charge in [0.1, 0.15) is 18.1 Å². The number of halogens is 1. The molecule has 3 aromatic rings. The predicted octanol–water partition coefficient (Wildman–Crippen LogP) is 5.41. The fraction of sp³-hybridized carbons (Fsp3) is 0.231. The minimum absolute atomic E-state index is 0.251. The van der Waals surface area contributed by atoms with Crippen molar-refractivity contribution in [1.82, 2.24) is 0 Å². The highest BCUT2D eigenvalue weighted by atomic mass is 35.5. The summed E-state index contributed by atoms with van der Waals surface area (Å²) in [5, 5.41) is 6.05. The number of carbonyl (C=O) groups excluding carboxylic acids is 2. The van der Waals surface area contributed by atoms with Gasteiger partial charge in [-0.05, 0) is 74.5 Å². The van der Waals surface area contributed by atoms with Crippen LogP contribution < -0.4 is 20.1 Å². The molecule has 0 aliphatic rings. The summed E-state index contributed by atoms with van der Waals surface area (Å²) in [5.74, 6) is 0.541. The van der Waals surface area contributed by atoms with Crippen molar-refractivity contribution < 1.29 is 23.8 Å². The van der Waals surface area contributed by atoms with Crippen LogP contribution in [0.25, 0.3) is 0 Å². The Labute approximate surface area is 204 Å². The molecule has 0 spiro atoms. The smallest absolute Gasteiger partial charge is 0.265 e. The van der Waals surface area contributed by atoms with Crippen LogP contribution in [0.3, 0.4) is 0 Å². The second kappa shape index (κ2) is 12.6. The summed E-state index contributed by atoms with van der Waals surface area (Å²) < 4.78 is 16.4. The Morgan fingerprint density at radius 3 is 2.18 bits per heavy atom. The van der Waals surface area contributed by atoms with Crippen LogP contribution in [0.1, 0.15) is 24.2 Å². The minimum atomic E-state index is -0.745. The largest absolute Gasteiger partial charge is 0.491 e. The van der Waals surface area contributed by atoms with Crippen molar-refractivity contribution in [2.24, 2.45) is 0 Å². The Hall–Kier alpha value is -3.55. The van der Waals surface area contributed by atoms with Crippen molar-refractivity contribution in [3.63, 3.8) is 0 Å². The molecule has 0 aliphatic carbocycles. The van der Waals surface area contributed by atoms with Crippen LogP contribution in [-0.4, -0.2) is 37.7 Å². The van der Waals surface area contributed by atoms with Gasteiger partial charge in [0.2, 0.25) is 0 Å². The Kier molecular flexibility index (Phi) is 9.31. The highest BCUT2D eigenvalue weighted by Gasteiger charge is 2.16. The Morgan fingerprint density at radius 2 is 1.53 bits per heavy atom. The average Bonchev–Trinajstić information content (AvgIpc) is 2.84. The Balaban J connectivity index is 1.49. The lowest BCUT2D eigenvalue weighted by molar-refractivity contribution is -0.122. The van der Waals surface area contributed by atoms with Crippen molar-refractivity contribution in [2.45, 2.75) is 20.0 Å². The molecule has 0 saturated carbocycles. The zero-order valence-electron chi connectivity index (χ0n) is 19.0. The van der Waals surface area contributed by atoms with Gasteiger partial charge in [-0.15, -0.1) is 0 Å².